The number of benzene rings is 8. The van der Waals surface area contributed by atoms with Crippen LogP contribution in [0.15, 0.2) is 170 Å². The van der Waals surface area contributed by atoms with E-state index in [1.54, 1.807) is 0 Å². The van der Waals surface area contributed by atoms with E-state index >= 15 is 0 Å². The number of rotatable bonds is 5. The van der Waals surface area contributed by atoms with Crippen LogP contribution >= 0.6 is 0 Å². The van der Waals surface area contributed by atoms with Crippen LogP contribution in [0.3, 0.4) is 0 Å². The van der Waals surface area contributed by atoms with E-state index in [-0.39, 0.29) is 28.5 Å². The maximum atomic E-state index is 6.58. The fourth-order valence-corrected chi connectivity index (χ4v) is 12.8. The number of nitrogens with two attached hydrogens (primary N) is 1. The van der Waals surface area contributed by atoms with Crippen molar-refractivity contribution in [2.75, 3.05) is 20.4 Å². The average molecular weight is 899 g/mol. The second kappa shape index (κ2) is 15.3. The Hall–Kier alpha value is -6.98. The molecule has 0 aromatic heterocycles. The summed E-state index contributed by atoms with van der Waals surface area (Å²) in [6.45, 7) is 21.1. The molecule has 0 amide bonds. The molecule has 69 heavy (non-hydrogen) atoms. The molecular formula is C64H63BN4. The molecule has 5 heteroatoms. The first-order chi connectivity index (χ1) is 33.0. The molecule has 12 rings (SSSR count). The molecule has 3 heterocycles. The second-order valence-electron chi connectivity index (χ2n) is 22.9. The van der Waals surface area contributed by atoms with Crippen molar-refractivity contribution < 1.29 is 0 Å². The van der Waals surface area contributed by atoms with Gasteiger partial charge in [-0.2, -0.15) is 0 Å². The summed E-state index contributed by atoms with van der Waals surface area (Å²) in [6, 6.07) is 64.7. The molecule has 0 bridgehead atoms. The predicted molar refractivity (Wildman–Crippen MR) is 296 cm³/mol. The molecule has 0 spiro atoms. The highest BCUT2D eigenvalue weighted by Crippen LogP contribution is 2.63. The van der Waals surface area contributed by atoms with Gasteiger partial charge >= 0.3 is 0 Å². The lowest BCUT2D eigenvalue weighted by Crippen LogP contribution is -2.61. The molecule has 2 unspecified atom stereocenters. The van der Waals surface area contributed by atoms with Crippen molar-refractivity contribution in [2.45, 2.75) is 103 Å². The minimum atomic E-state index is -0.103. The molecule has 1 aliphatic carbocycles. The SMILES string of the molecule is Cc1cc2c3c(c1)N(c1ccc(C(C)(C)C)cc1-c1ccccc1)c1ccc(-c4ccccc4)cc1B3c1ccc(N3c4ccc(N)cc4C4(C)CCCC34C)cc1N2c1ccc(C(C)(C)C)cc1. The van der Waals surface area contributed by atoms with E-state index in [9.17, 15) is 0 Å². The molecule has 0 saturated heterocycles. The average Bonchev–Trinajstić information content (AvgIpc) is 3.74. The van der Waals surface area contributed by atoms with E-state index in [4.69, 9.17) is 5.73 Å². The first-order valence-electron chi connectivity index (χ1n) is 25.1. The summed E-state index contributed by atoms with van der Waals surface area (Å²) in [5, 5.41) is 0. The summed E-state index contributed by atoms with van der Waals surface area (Å²) < 4.78 is 0. The van der Waals surface area contributed by atoms with Crippen molar-refractivity contribution in [1.82, 2.24) is 0 Å². The third-order valence-corrected chi connectivity index (χ3v) is 16.6. The maximum Gasteiger partial charge on any atom is 0.252 e. The smallest absolute Gasteiger partial charge is 0.252 e. The van der Waals surface area contributed by atoms with Gasteiger partial charge in [-0.3, -0.25) is 0 Å². The van der Waals surface area contributed by atoms with Gasteiger partial charge in [0.25, 0.3) is 6.71 Å². The van der Waals surface area contributed by atoms with E-state index in [1.807, 2.05) is 0 Å². The minimum absolute atomic E-state index is 0.0159. The van der Waals surface area contributed by atoms with Gasteiger partial charge in [0.1, 0.15) is 0 Å². The molecule has 4 nitrogen and oxygen atoms in total. The quantitative estimate of drug-likeness (QED) is 0.138. The van der Waals surface area contributed by atoms with Gasteiger partial charge in [0.15, 0.2) is 0 Å². The molecule has 2 N–H and O–H groups in total. The molecule has 0 radical (unpaired) electrons. The summed E-state index contributed by atoms with van der Waals surface area (Å²) in [5.41, 5.74) is 31.1. The van der Waals surface area contributed by atoms with Crippen LogP contribution in [0.2, 0.25) is 0 Å². The van der Waals surface area contributed by atoms with Gasteiger partial charge in [0.05, 0.1) is 11.2 Å². The van der Waals surface area contributed by atoms with Crippen molar-refractivity contribution in [3.8, 4) is 22.3 Å². The molecule has 1 fully saturated rings. The first kappa shape index (κ1) is 43.3. The van der Waals surface area contributed by atoms with Crippen molar-refractivity contribution in [1.29, 1.82) is 0 Å². The number of hydrogen-bond donors (Lipinski definition) is 1. The number of hydrogen-bond acceptors (Lipinski definition) is 4. The van der Waals surface area contributed by atoms with Gasteiger partial charge in [-0.25, -0.2) is 0 Å². The zero-order chi connectivity index (χ0) is 47.8. The van der Waals surface area contributed by atoms with Crippen LogP contribution in [0.4, 0.5) is 51.2 Å². The van der Waals surface area contributed by atoms with E-state index in [1.165, 1.54) is 107 Å². The van der Waals surface area contributed by atoms with Crippen LogP contribution in [0, 0.1) is 6.92 Å². The number of fused-ring (bicyclic) bond motifs is 7. The molecule has 3 aliphatic heterocycles. The van der Waals surface area contributed by atoms with E-state index in [0.29, 0.717) is 0 Å². The monoisotopic (exact) mass is 899 g/mol. The van der Waals surface area contributed by atoms with Crippen molar-refractivity contribution in [2.24, 2.45) is 0 Å². The third-order valence-electron chi connectivity index (χ3n) is 16.6. The van der Waals surface area contributed by atoms with Crippen LogP contribution in [0.5, 0.6) is 0 Å². The standard InChI is InChI=1S/C64H63BN4/c1-41-35-58-60-59(36-41)68(54-31-24-46(62(5,6)7)38-50(54)43-19-14-11-15-20-43)56-30-21-44(42-17-12-10-13-18-42)37-53(56)65(60)52-29-28-49(40-57(52)67(58)48-26-22-45(23-27-48)61(2,3)4)69-55-32-25-47(66)39-51(55)63(8)33-16-34-64(63,69)9/h10-15,17-32,35-40H,16,33-34,66H2,1-9H3. The van der Waals surface area contributed by atoms with Crippen molar-refractivity contribution in [3.63, 3.8) is 0 Å². The van der Waals surface area contributed by atoms with Gasteiger partial charge in [0.2, 0.25) is 0 Å². The largest absolute Gasteiger partial charge is 0.399 e. The van der Waals surface area contributed by atoms with E-state index < -0.39 is 0 Å². The van der Waals surface area contributed by atoms with Crippen LogP contribution < -0.4 is 36.8 Å². The van der Waals surface area contributed by atoms with Crippen LogP contribution in [0.1, 0.15) is 96.9 Å². The topological polar surface area (TPSA) is 35.7 Å². The maximum absolute atomic E-state index is 6.58. The van der Waals surface area contributed by atoms with E-state index in [2.05, 4.69) is 247 Å². The second-order valence-corrected chi connectivity index (χ2v) is 22.9. The molecule has 8 aromatic carbocycles. The van der Waals surface area contributed by atoms with Gasteiger partial charge in [-0.1, -0.05) is 152 Å². The molecule has 342 valence electrons. The Morgan fingerprint density at radius 2 is 1.12 bits per heavy atom. The Morgan fingerprint density at radius 3 is 1.81 bits per heavy atom. The fourth-order valence-electron chi connectivity index (χ4n) is 12.8. The number of anilines is 9. The molecule has 8 aromatic rings. The van der Waals surface area contributed by atoms with Gasteiger partial charge in [-0.15, -0.1) is 0 Å². The van der Waals surface area contributed by atoms with E-state index in [0.717, 1.165) is 24.2 Å². The predicted octanol–water partition coefficient (Wildman–Crippen LogP) is 14.9. The normalized spacial score (nSPS) is 19.0. The molecular weight excluding hydrogens is 836 g/mol. The minimum Gasteiger partial charge on any atom is -0.399 e. The zero-order valence-electron chi connectivity index (χ0n) is 41.8. The van der Waals surface area contributed by atoms with Crippen LogP contribution in [-0.4, -0.2) is 12.3 Å². The highest BCUT2D eigenvalue weighted by Gasteiger charge is 2.59. The lowest BCUT2D eigenvalue weighted by molar-refractivity contribution is 0.330. The Kier molecular flexibility index (Phi) is 9.58. The third kappa shape index (κ3) is 6.56. The molecule has 2 atom stereocenters. The Labute approximate surface area is 410 Å². The number of aryl methyl sites for hydroxylation is 1. The molecule has 4 aliphatic rings. The lowest BCUT2D eigenvalue weighted by atomic mass is 9.33. The molecule has 1 saturated carbocycles. The summed E-state index contributed by atoms with van der Waals surface area (Å²) >= 11 is 0. The Bertz CT molecular complexity index is 3340. The summed E-state index contributed by atoms with van der Waals surface area (Å²) in [6.07, 6.45) is 3.45. The zero-order valence-corrected chi connectivity index (χ0v) is 41.8. The highest BCUT2D eigenvalue weighted by molar-refractivity contribution is 7.00. The lowest BCUT2D eigenvalue weighted by Gasteiger charge is -2.46. The van der Waals surface area contributed by atoms with Gasteiger partial charge in [0, 0.05) is 56.5 Å². The van der Waals surface area contributed by atoms with Crippen LogP contribution in [0.25, 0.3) is 22.3 Å². The van der Waals surface area contributed by atoms with Gasteiger partial charge in [-0.05, 0) is 166 Å². The summed E-state index contributed by atoms with van der Waals surface area (Å²) in [5.74, 6) is 0. The summed E-state index contributed by atoms with van der Waals surface area (Å²) in [7, 11) is 0. The van der Waals surface area contributed by atoms with Crippen molar-refractivity contribution in [3.05, 3.63) is 192 Å². The fraction of sp³-hybridized carbons (Fsp3) is 0.250. The van der Waals surface area contributed by atoms with Crippen molar-refractivity contribution >= 4 is 74.3 Å². The van der Waals surface area contributed by atoms with Gasteiger partial charge < -0.3 is 20.4 Å². The number of nitrogen functional groups attached to an aromatic ring is 1. The van der Waals surface area contributed by atoms with Crippen LogP contribution in [-0.2, 0) is 16.2 Å². The number of nitrogens with zero attached hydrogens (tertiary/aromatic N) is 3. The Morgan fingerprint density at radius 1 is 0.493 bits per heavy atom. The first-order valence-corrected chi connectivity index (χ1v) is 25.1. The summed E-state index contributed by atoms with van der Waals surface area (Å²) in [4.78, 5) is 7.87. The Balaban J connectivity index is 1.15. The highest BCUT2D eigenvalue weighted by atomic mass is 15.3.